The summed E-state index contributed by atoms with van der Waals surface area (Å²) in [6.45, 7) is 0.344. The van der Waals surface area contributed by atoms with Crippen LogP contribution in [0, 0.1) is 11.8 Å². The van der Waals surface area contributed by atoms with E-state index in [0.717, 1.165) is 17.8 Å². The zero-order valence-electron chi connectivity index (χ0n) is 15.5. The van der Waals surface area contributed by atoms with Crippen molar-refractivity contribution >= 4 is 22.4 Å². The number of halogens is 3. The normalized spacial score (nSPS) is 11.2. The van der Waals surface area contributed by atoms with Crippen LogP contribution in [-0.4, -0.2) is 21.6 Å². The molecule has 0 fully saturated rings. The lowest BCUT2D eigenvalue weighted by molar-refractivity contribution is -0.137. The van der Waals surface area contributed by atoms with Crippen LogP contribution < -0.4 is 4.74 Å². The number of hydrogen-bond acceptors (Lipinski definition) is 5. The molecule has 4 nitrogen and oxygen atoms in total. The van der Waals surface area contributed by atoms with E-state index in [0.29, 0.717) is 35.3 Å². The fraction of sp³-hybridized carbons (Fsp3) is 0.136. The number of hydrogen-bond donors (Lipinski definition) is 0. The van der Waals surface area contributed by atoms with Crippen molar-refractivity contribution in [3.8, 4) is 17.7 Å². The second kappa shape index (κ2) is 8.51. The number of nitrogens with zero attached hydrogens (tertiary/aromatic N) is 3. The van der Waals surface area contributed by atoms with Crippen LogP contribution in [0.4, 0.5) is 13.2 Å². The van der Waals surface area contributed by atoms with Crippen molar-refractivity contribution in [2.45, 2.75) is 12.6 Å². The Bertz CT molecular complexity index is 1210. The maximum atomic E-state index is 12.7. The lowest BCUT2D eigenvalue weighted by Crippen LogP contribution is -2.06. The Labute approximate surface area is 174 Å². The van der Waals surface area contributed by atoms with E-state index >= 15 is 0 Å². The van der Waals surface area contributed by atoms with Crippen molar-refractivity contribution in [3.05, 3.63) is 81.9 Å². The second-order valence-corrected chi connectivity index (χ2v) is 7.01. The molecular formula is C22H14F3N3OS. The molecule has 4 aromatic rings. The second-order valence-electron chi connectivity index (χ2n) is 6.26. The van der Waals surface area contributed by atoms with Crippen molar-refractivity contribution in [2.24, 2.45) is 0 Å². The number of pyridine rings is 1. The lowest BCUT2D eigenvalue weighted by atomic mass is 10.1. The number of ether oxygens (including phenoxy) is 1. The first-order valence-corrected chi connectivity index (χ1v) is 9.89. The van der Waals surface area contributed by atoms with Gasteiger partial charge >= 0.3 is 6.18 Å². The molecule has 0 amide bonds. The fourth-order valence-electron chi connectivity index (χ4n) is 2.64. The smallest absolute Gasteiger partial charge is 0.416 e. The molecule has 0 spiro atoms. The standard InChI is InChI=1S/C22H14F3N3OS/c23-22(24,25)16-7-4-15(5-8-16)6-9-18-21(28-20-14-30-13-19(20)27-18)29-12-10-17-3-1-2-11-26-17/h1-5,7-8,11,13-14H,10,12H2. The minimum Gasteiger partial charge on any atom is -0.475 e. The van der Waals surface area contributed by atoms with E-state index in [4.69, 9.17) is 4.74 Å². The van der Waals surface area contributed by atoms with Crippen molar-refractivity contribution in [3.63, 3.8) is 0 Å². The minimum absolute atomic E-state index is 0.288. The van der Waals surface area contributed by atoms with Crippen LogP contribution in [0.15, 0.2) is 59.4 Å². The summed E-state index contributed by atoms with van der Waals surface area (Å²) in [7, 11) is 0. The molecule has 0 radical (unpaired) electrons. The number of aromatic nitrogens is 3. The maximum Gasteiger partial charge on any atom is 0.416 e. The van der Waals surface area contributed by atoms with E-state index in [1.165, 1.54) is 23.5 Å². The van der Waals surface area contributed by atoms with Gasteiger partial charge in [-0.2, -0.15) is 13.2 Å². The van der Waals surface area contributed by atoms with E-state index in [-0.39, 0.29) is 5.88 Å². The minimum atomic E-state index is -4.38. The first-order valence-electron chi connectivity index (χ1n) is 8.95. The van der Waals surface area contributed by atoms with E-state index in [2.05, 4.69) is 26.8 Å². The first-order chi connectivity index (χ1) is 14.5. The third-order valence-corrected chi connectivity index (χ3v) is 4.86. The van der Waals surface area contributed by atoms with Gasteiger partial charge in [0, 0.05) is 34.6 Å². The van der Waals surface area contributed by atoms with Gasteiger partial charge in [-0.1, -0.05) is 12.0 Å². The molecule has 150 valence electrons. The molecular weight excluding hydrogens is 411 g/mol. The SMILES string of the molecule is FC(F)(F)c1ccc(C#Cc2nc3cscc3nc2OCCc2ccccn2)cc1. The Morgan fingerprint density at radius 1 is 0.933 bits per heavy atom. The third-order valence-electron chi connectivity index (χ3n) is 4.14. The number of benzene rings is 1. The van der Waals surface area contributed by atoms with Gasteiger partial charge in [-0.25, -0.2) is 9.97 Å². The summed E-state index contributed by atoms with van der Waals surface area (Å²) in [5.41, 5.74) is 2.34. The molecule has 0 N–H and O–H groups in total. The molecule has 3 heterocycles. The summed E-state index contributed by atoms with van der Waals surface area (Å²) in [6, 6.07) is 10.3. The van der Waals surface area contributed by atoms with Crippen LogP contribution in [0.3, 0.4) is 0 Å². The number of alkyl halides is 3. The summed E-state index contributed by atoms with van der Waals surface area (Å²) in [5, 5.41) is 3.71. The van der Waals surface area contributed by atoms with Gasteiger partial charge in [-0.05, 0) is 42.3 Å². The van der Waals surface area contributed by atoms with Gasteiger partial charge in [0.05, 0.1) is 12.2 Å². The van der Waals surface area contributed by atoms with Gasteiger partial charge in [-0.15, -0.1) is 11.3 Å². The van der Waals surface area contributed by atoms with Gasteiger partial charge in [0.25, 0.3) is 0 Å². The summed E-state index contributed by atoms with van der Waals surface area (Å²) < 4.78 is 43.9. The highest BCUT2D eigenvalue weighted by molar-refractivity contribution is 7.09. The average molecular weight is 425 g/mol. The van der Waals surface area contributed by atoms with E-state index in [9.17, 15) is 13.2 Å². The predicted molar refractivity (Wildman–Crippen MR) is 108 cm³/mol. The Balaban J connectivity index is 1.57. The molecule has 0 bridgehead atoms. The molecule has 0 saturated heterocycles. The van der Waals surface area contributed by atoms with Crippen LogP contribution in [-0.2, 0) is 12.6 Å². The molecule has 0 aliphatic carbocycles. The lowest BCUT2D eigenvalue weighted by Gasteiger charge is -2.07. The van der Waals surface area contributed by atoms with Gasteiger partial charge in [0.2, 0.25) is 5.88 Å². The van der Waals surface area contributed by atoms with Crippen LogP contribution >= 0.6 is 11.3 Å². The highest BCUT2D eigenvalue weighted by atomic mass is 32.1. The Hall–Kier alpha value is -3.44. The van der Waals surface area contributed by atoms with Crippen molar-refractivity contribution < 1.29 is 17.9 Å². The quantitative estimate of drug-likeness (QED) is 0.426. The molecule has 3 aromatic heterocycles. The van der Waals surface area contributed by atoms with Crippen molar-refractivity contribution in [2.75, 3.05) is 6.61 Å². The predicted octanol–water partition coefficient (Wildman–Crippen LogP) is 5.13. The number of fused-ring (bicyclic) bond motifs is 1. The number of rotatable bonds is 4. The Kier molecular flexibility index (Phi) is 5.63. The first kappa shape index (κ1) is 19.9. The summed E-state index contributed by atoms with van der Waals surface area (Å²) in [6.07, 6.45) is -2.07. The molecule has 4 rings (SSSR count). The molecule has 1 aromatic carbocycles. The molecule has 0 saturated carbocycles. The van der Waals surface area contributed by atoms with Crippen molar-refractivity contribution in [1.82, 2.24) is 15.0 Å². The number of thiophene rings is 1. The molecule has 0 aliphatic rings. The molecule has 0 aliphatic heterocycles. The van der Waals surface area contributed by atoms with Crippen LogP contribution in [0.2, 0.25) is 0 Å². The zero-order chi connectivity index (χ0) is 21.0. The molecule has 0 atom stereocenters. The summed E-state index contributed by atoms with van der Waals surface area (Å²) in [4.78, 5) is 13.2. The molecule has 0 unspecified atom stereocenters. The van der Waals surface area contributed by atoms with Gasteiger partial charge in [0.15, 0.2) is 5.69 Å². The van der Waals surface area contributed by atoms with Crippen LogP contribution in [0.1, 0.15) is 22.5 Å². The van der Waals surface area contributed by atoms with E-state index in [1.807, 2.05) is 29.0 Å². The van der Waals surface area contributed by atoms with Gasteiger partial charge in [0.1, 0.15) is 11.0 Å². The average Bonchev–Trinajstić information content (AvgIpc) is 3.20. The zero-order valence-corrected chi connectivity index (χ0v) is 16.3. The van der Waals surface area contributed by atoms with Gasteiger partial charge in [-0.3, -0.25) is 4.98 Å². The fourth-order valence-corrected chi connectivity index (χ4v) is 3.31. The Morgan fingerprint density at radius 2 is 1.70 bits per heavy atom. The maximum absolute atomic E-state index is 12.7. The monoisotopic (exact) mass is 425 g/mol. The summed E-state index contributed by atoms with van der Waals surface area (Å²) >= 11 is 1.46. The topological polar surface area (TPSA) is 47.9 Å². The Morgan fingerprint density at radius 3 is 2.40 bits per heavy atom. The largest absolute Gasteiger partial charge is 0.475 e. The van der Waals surface area contributed by atoms with E-state index < -0.39 is 11.7 Å². The third kappa shape index (κ3) is 4.75. The van der Waals surface area contributed by atoms with Crippen molar-refractivity contribution in [1.29, 1.82) is 0 Å². The summed E-state index contributed by atoms with van der Waals surface area (Å²) in [5.74, 6) is 6.00. The van der Waals surface area contributed by atoms with Crippen LogP contribution in [0.25, 0.3) is 11.0 Å². The highest BCUT2D eigenvalue weighted by Crippen LogP contribution is 2.29. The highest BCUT2D eigenvalue weighted by Gasteiger charge is 2.29. The molecule has 8 heteroatoms. The van der Waals surface area contributed by atoms with Crippen LogP contribution in [0.5, 0.6) is 5.88 Å². The van der Waals surface area contributed by atoms with Gasteiger partial charge < -0.3 is 4.74 Å². The van der Waals surface area contributed by atoms with E-state index in [1.54, 1.807) is 6.20 Å². The molecule has 30 heavy (non-hydrogen) atoms.